The molecule has 0 fully saturated rings. The number of rotatable bonds is 1. The van der Waals surface area contributed by atoms with Crippen molar-refractivity contribution in [3.05, 3.63) is 29.6 Å². The first-order valence-corrected chi connectivity index (χ1v) is 3.75. The first-order valence-electron chi connectivity index (χ1n) is 3.75. The molecule has 0 aromatic carbocycles. The molecule has 1 aromatic heterocycles. The van der Waals surface area contributed by atoms with E-state index in [1.807, 2.05) is 25.1 Å². The van der Waals surface area contributed by atoms with Gasteiger partial charge in [0.2, 0.25) is 0 Å². The summed E-state index contributed by atoms with van der Waals surface area (Å²) in [7, 11) is 0. The third kappa shape index (κ3) is 4.44. The van der Waals surface area contributed by atoms with Crippen molar-refractivity contribution in [2.24, 2.45) is 0 Å². The lowest BCUT2D eigenvalue weighted by molar-refractivity contribution is -0.122. The molecule has 0 radical (unpaired) electrons. The SMILES string of the molecule is CCc1cccc(C)n1.O=CO. The molecule has 0 bridgehead atoms. The molecule has 0 aliphatic heterocycles. The van der Waals surface area contributed by atoms with Gasteiger partial charge in [0.05, 0.1) is 0 Å². The zero-order valence-corrected chi connectivity index (χ0v) is 7.32. The van der Waals surface area contributed by atoms with Crippen LogP contribution in [0.2, 0.25) is 0 Å². The van der Waals surface area contributed by atoms with Gasteiger partial charge in [-0.15, -0.1) is 0 Å². The van der Waals surface area contributed by atoms with E-state index in [1.54, 1.807) is 0 Å². The monoisotopic (exact) mass is 167 g/mol. The number of carbonyl (C=O) groups is 1. The lowest BCUT2D eigenvalue weighted by atomic mass is 10.3. The summed E-state index contributed by atoms with van der Waals surface area (Å²) in [4.78, 5) is 12.7. The zero-order chi connectivity index (χ0) is 9.40. The van der Waals surface area contributed by atoms with Crippen LogP contribution in [0.15, 0.2) is 18.2 Å². The molecule has 66 valence electrons. The number of carboxylic acid groups (broad SMARTS) is 1. The summed E-state index contributed by atoms with van der Waals surface area (Å²) in [5.74, 6) is 0. The van der Waals surface area contributed by atoms with Crippen molar-refractivity contribution < 1.29 is 9.90 Å². The smallest absolute Gasteiger partial charge is 0.290 e. The summed E-state index contributed by atoms with van der Waals surface area (Å²) in [5.41, 5.74) is 2.28. The number of hydrogen-bond acceptors (Lipinski definition) is 2. The van der Waals surface area contributed by atoms with Crippen molar-refractivity contribution >= 4 is 6.47 Å². The largest absolute Gasteiger partial charge is 0.483 e. The Bertz CT molecular complexity index is 236. The minimum Gasteiger partial charge on any atom is -0.483 e. The van der Waals surface area contributed by atoms with Crippen LogP contribution < -0.4 is 0 Å². The quantitative estimate of drug-likeness (QED) is 0.647. The Morgan fingerprint density at radius 3 is 2.50 bits per heavy atom. The molecular weight excluding hydrogens is 154 g/mol. The van der Waals surface area contributed by atoms with Crippen molar-refractivity contribution in [1.82, 2.24) is 4.98 Å². The van der Waals surface area contributed by atoms with Crippen LogP contribution in [-0.2, 0) is 11.2 Å². The Morgan fingerprint density at radius 2 is 2.17 bits per heavy atom. The molecule has 3 heteroatoms. The Balaban J connectivity index is 0.000000354. The van der Waals surface area contributed by atoms with Gasteiger partial charge in [-0.25, -0.2) is 0 Å². The van der Waals surface area contributed by atoms with E-state index in [2.05, 4.69) is 11.9 Å². The van der Waals surface area contributed by atoms with Crippen LogP contribution in [0.1, 0.15) is 18.3 Å². The molecule has 0 saturated carbocycles. The topological polar surface area (TPSA) is 50.2 Å². The van der Waals surface area contributed by atoms with E-state index in [0.29, 0.717) is 0 Å². The molecule has 1 heterocycles. The van der Waals surface area contributed by atoms with Gasteiger partial charge in [-0.2, -0.15) is 0 Å². The van der Waals surface area contributed by atoms with Crippen molar-refractivity contribution in [1.29, 1.82) is 0 Å². The molecule has 0 aliphatic carbocycles. The molecular formula is C9H13NO2. The van der Waals surface area contributed by atoms with E-state index < -0.39 is 0 Å². The second-order valence-corrected chi connectivity index (χ2v) is 2.23. The summed E-state index contributed by atoms with van der Waals surface area (Å²) < 4.78 is 0. The molecule has 0 spiro atoms. The maximum absolute atomic E-state index is 8.36. The molecule has 12 heavy (non-hydrogen) atoms. The van der Waals surface area contributed by atoms with Gasteiger partial charge >= 0.3 is 0 Å². The van der Waals surface area contributed by atoms with Gasteiger partial charge in [-0.1, -0.05) is 13.0 Å². The molecule has 1 rings (SSSR count). The van der Waals surface area contributed by atoms with Crippen molar-refractivity contribution in [3.63, 3.8) is 0 Å². The van der Waals surface area contributed by atoms with E-state index >= 15 is 0 Å². The van der Waals surface area contributed by atoms with Crippen molar-refractivity contribution in [2.45, 2.75) is 20.3 Å². The summed E-state index contributed by atoms with van der Waals surface area (Å²) >= 11 is 0. The lowest BCUT2D eigenvalue weighted by Crippen LogP contribution is -1.87. The van der Waals surface area contributed by atoms with Crippen LogP contribution in [0.25, 0.3) is 0 Å². The van der Waals surface area contributed by atoms with Crippen molar-refractivity contribution in [2.75, 3.05) is 0 Å². The third-order valence-corrected chi connectivity index (χ3v) is 1.31. The van der Waals surface area contributed by atoms with E-state index in [-0.39, 0.29) is 6.47 Å². The molecule has 1 aromatic rings. The maximum Gasteiger partial charge on any atom is 0.290 e. The van der Waals surface area contributed by atoms with Crippen LogP contribution in [0, 0.1) is 6.92 Å². The standard InChI is InChI=1S/C8H11N.CH2O2/c1-3-8-6-4-5-7(2)9-8;2-1-3/h4-6H,3H2,1-2H3;1H,(H,2,3). The Morgan fingerprint density at radius 1 is 1.58 bits per heavy atom. The Hall–Kier alpha value is -1.38. The third-order valence-electron chi connectivity index (χ3n) is 1.31. The highest BCUT2D eigenvalue weighted by Gasteiger charge is 1.87. The van der Waals surface area contributed by atoms with Gasteiger partial charge in [0, 0.05) is 11.4 Å². The van der Waals surface area contributed by atoms with Crippen LogP contribution >= 0.6 is 0 Å². The van der Waals surface area contributed by atoms with E-state index in [4.69, 9.17) is 9.90 Å². The first kappa shape index (κ1) is 10.6. The molecule has 0 unspecified atom stereocenters. The molecule has 0 aliphatic rings. The number of aromatic nitrogens is 1. The summed E-state index contributed by atoms with van der Waals surface area (Å²) in [5, 5.41) is 6.89. The molecule has 0 saturated heterocycles. The van der Waals surface area contributed by atoms with Crippen LogP contribution in [0.5, 0.6) is 0 Å². The van der Waals surface area contributed by atoms with Gasteiger partial charge in [0.1, 0.15) is 0 Å². The average molecular weight is 167 g/mol. The molecule has 1 N–H and O–H groups in total. The molecule has 0 amide bonds. The fourth-order valence-electron chi connectivity index (χ4n) is 0.796. The summed E-state index contributed by atoms with van der Waals surface area (Å²) in [6.07, 6.45) is 1.03. The highest BCUT2D eigenvalue weighted by molar-refractivity contribution is 5.32. The number of nitrogens with zero attached hydrogens (tertiary/aromatic N) is 1. The number of aryl methyl sites for hydroxylation is 2. The second kappa shape index (κ2) is 6.34. The van der Waals surface area contributed by atoms with Crippen LogP contribution in [0.3, 0.4) is 0 Å². The predicted molar refractivity (Wildman–Crippen MR) is 47.0 cm³/mol. The predicted octanol–water partition coefficient (Wildman–Crippen LogP) is 1.65. The second-order valence-electron chi connectivity index (χ2n) is 2.23. The summed E-state index contributed by atoms with van der Waals surface area (Å²) in [6.45, 7) is 3.88. The van der Waals surface area contributed by atoms with Crippen LogP contribution in [0.4, 0.5) is 0 Å². The minimum atomic E-state index is -0.250. The number of hydrogen-bond donors (Lipinski definition) is 1. The van der Waals surface area contributed by atoms with Gasteiger partial charge in [0.25, 0.3) is 6.47 Å². The highest BCUT2D eigenvalue weighted by atomic mass is 16.3. The zero-order valence-electron chi connectivity index (χ0n) is 7.32. The average Bonchev–Trinajstić information content (AvgIpc) is 2.06. The Kier molecular flexibility index (Phi) is 5.61. The first-order chi connectivity index (χ1) is 5.74. The fraction of sp³-hybridized carbons (Fsp3) is 0.333. The number of pyridine rings is 1. The normalized spacial score (nSPS) is 8.17. The minimum absolute atomic E-state index is 0.250. The Labute approximate surface area is 72.1 Å². The van der Waals surface area contributed by atoms with Gasteiger partial charge in [-0.05, 0) is 25.5 Å². The van der Waals surface area contributed by atoms with E-state index in [1.165, 1.54) is 5.69 Å². The van der Waals surface area contributed by atoms with Crippen LogP contribution in [-0.4, -0.2) is 16.6 Å². The van der Waals surface area contributed by atoms with Crippen molar-refractivity contribution in [3.8, 4) is 0 Å². The van der Waals surface area contributed by atoms with E-state index in [0.717, 1.165) is 12.1 Å². The molecule has 3 nitrogen and oxygen atoms in total. The van der Waals surface area contributed by atoms with E-state index in [9.17, 15) is 0 Å². The van der Waals surface area contributed by atoms with Gasteiger partial charge in [-0.3, -0.25) is 9.78 Å². The lowest BCUT2D eigenvalue weighted by Gasteiger charge is -1.94. The van der Waals surface area contributed by atoms with Gasteiger partial charge < -0.3 is 5.11 Å². The van der Waals surface area contributed by atoms with Gasteiger partial charge in [0.15, 0.2) is 0 Å². The highest BCUT2D eigenvalue weighted by Crippen LogP contribution is 1.97. The maximum atomic E-state index is 8.36. The molecule has 0 atom stereocenters. The fourth-order valence-corrected chi connectivity index (χ4v) is 0.796. The summed E-state index contributed by atoms with van der Waals surface area (Å²) in [6, 6.07) is 6.10.